The lowest BCUT2D eigenvalue weighted by molar-refractivity contribution is -0.138. The molecule has 0 saturated heterocycles. The zero-order valence-corrected chi connectivity index (χ0v) is 13.2. The van der Waals surface area contributed by atoms with Crippen LogP contribution in [0.1, 0.15) is 29.7 Å². The van der Waals surface area contributed by atoms with Crippen molar-refractivity contribution in [3.8, 4) is 0 Å². The summed E-state index contributed by atoms with van der Waals surface area (Å²) in [5, 5.41) is 5.02. The van der Waals surface area contributed by atoms with E-state index in [9.17, 15) is 13.2 Å². The minimum absolute atomic E-state index is 0.229. The highest BCUT2D eigenvalue weighted by Crippen LogP contribution is 2.34. The van der Waals surface area contributed by atoms with E-state index in [1.165, 1.54) is 13.0 Å². The summed E-state index contributed by atoms with van der Waals surface area (Å²) in [4.78, 5) is 4.09. The number of hydrazine groups is 1. The van der Waals surface area contributed by atoms with Gasteiger partial charge in [0.05, 0.1) is 11.6 Å². The van der Waals surface area contributed by atoms with Crippen molar-refractivity contribution in [2.24, 2.45) is 0 Å². The highest BCUT2D eigenvalue weighted by atomic mass is 19.4. The summed E-state index contributed by atoms with van der Waals surface area (Å²) in [6.07, 6.45) is 0.819. The normalized spacial score (nSPS) is 14.8. The van der Waals surface area contributed by atoms with Gasteiger partial charge in [0.15, 0.2) is 0 Å². The monoisotopic (exact) mass is 334 g/mol. The van der Waals surface area contributed by atoms with Crippen LogP contribution in [0.2, 0.25) is 0 Å². The number of hydrogen-bond donors (Lipinski definition) is 3. The number of aromatic nitrogens is 1. The van der Waals surface area contributed by atoms with Crippen molar-refractivity contribution < 1.29 is 13.2 Å². The fourth-order valence-electron chi connectivity index (χ4n) is 2.83. The molecule has 0 fully saturated rings. The zero-order valence-electron chi connectivity index (χ0n) is 13.2. The van der Waals surface area contributed by atoms with E-state index in [2.05, 4.69) is 21.2 Å². The molecular formula is C17H17F3N4. The summed E-state index contributed by atoms with van der Waals surface area (Å²) in [6.45, 7) is 3.32. The molecule has 1 aliphatic rings. The number of hydrogen-bond acceptors (Lipinski definition) is 4. The average molecular weight is 334 g/mol. The number of halogens is 3. The quantitative estimate of drug-likeness (QED) is 0.799. The summed E-state index contributed by atoms with van der Waals surface area (Å²) in [5.74, 6) is 0.671. The topological polar surface area (TPSA) is 49.0 Å². The van der Waals surface area contributed by atoms with E-state index in [1.807, 2.05) is 13.0 Å². The minimum Gasteiger partial charge on any atom is -0.363 e. The molecule has 1 aromatic heterocycles. The van der Waals surface area contributed by atoms with Crippen LogP contribution in [0.15, 0.2) is 36.7 Å². The van der Waals surface area contributed by atoms with Crippen LogP contribution >= 0.6 is 0 Å². The highest BCUT2D eigenvalue weighted by Gasteiger charge is 2.33. The van der Waals surface area contributed by atoms with Crippen molar-refractivity contribution >= 4 is 12.0 Å². The van der Waals surface area contributed by atoms with Crippen molar-refractivity contribution in [1.29, 1.82) is 0 Å². The first-order valence-corrected chi connectivity index (χ1v) is 7.47. The van der Waals surface area contributed by atoms with Gasteiger partial charge in [-0.05, 0) is 37.1 Å². The lowest BCUT2D eigenvalue weighted by atomic mass is 9.97. The summed E-state index contributed by atoms with van der Waals surface area (Å²) in [5.41, 5.74) is 6.11. The van der Waals surface area contributed by atoms with Gasteiger partial charge in [-0.2, -0.15) is 13.2 Å². The average Bonchev–Trinajstić information content (AvgIpc) is 2.54. The molecule has 24 heavy (non-hydrogen) atoms. The molecule has 0 spiro atoms. The standard InChI is InChI=1S/C17H17F3N4/c1-10-13(4-3-5-15(10)17(18,19)20)11(2)23-16-14-9-21-7-6-12(14)8-22-24-16/h3-9,11,22-24H,1-2H3. The van der Waals surface area contributed by atoms with Crippen LogP contribution in [-0.2, 0) is 6.18 Å². The van der Waals surface area contributed by atoms with Gasteiger partial charge >= 0.3 is 6.18 Å². The highest BCUT2D eigenvalue weighted by molar-refractivity contribution is 5.47. The second-order valence-electron chi connectivity index (χ2n) is 5.64. The molecule has 2 aromatic rings. The van der Waals surface area contributed by atoms with E-state index < -0.39 is 11.7 Å². The molecule has 126 valence electrons. The minimum atomic E-state index is -4.36. The Kier molecular flexibility index (Phi) is 4.09. The first-order chi connectivity index (χ1) is 11.4. The van der Waals surface area contributed by atoms with Gasteiger partial charge in [-0.3, -0.25) is 10.4 Å². The Morgan fingerprint density at radius 2 is 2.00 bits per heavy atom. The Balaban J connectivity index is 1.98. The van der Waals surface area contributed by atoms with E-state index in [0.29, 0.717) is 11.4 Å². The molecule has 1 aromatic carbocycles. The van der Waals surface area contributed by atoms with Crippen molar-refractivity contribution in [2.45, 2.75) is 26.1 Å². The Hall–Kier alpha value is -2.70. The molecule has 7 heteroatoms. The fourth-order valence-corrected chi connectivity index (χ4v) is 2.83. The molecule has 0 aliphatic carbocycles. The maximum absolute atomic E-state index is 13.1. The van der Waals surface area contributed by atoms with Crippen LogP contribution in [0.4, 0.5) is 13.2 Å². The molecule has 1 aliphatic heterocycles. The number of pyridine rings is 1. The maximum atomic E-state index is 13.1. The lowest BCUT2D eigenvalue weighted by Crippen LogP contribution is -2.48. The zero-order chi connectivity index (χ0) is 17.3. The molecule has 0 saturated carbocycles. The van der Waals surface area contributed by atoms with Crippen LogP contribution in [0.5, 0.6) is 0 Å². The van der Waals surface area contributed by atoms with Crippen LogP contribution in [-0.4, -0.2) is 4.98 Å². The van der Waals surface area contributed by atoms with Gasteiger partial charge in [0, 0.05) is 29.0 Å². The lowest BCUT2D eigenvalue weighted by Gasteiger charge is -2.24. The molecule has 0 bridgehead atoms. The van der Waals surface area contributed by atoms with E-state index in [-0.39, 0.29) is 11.6 Å². The molecule has 4 nitrogen and oxygen atoms in total. The number of benzene rings is 1. The number of rotatable bonds is 3. The Morgan fingerprint density at radius 3 is 2.75 bits per heavy atom. The summed E-state index contributed by atoms with van der Waals surface area (Å²) >= 11 is 0. The third-order valence-corrected chi connectivity index (χ3v) is 4.06. The van der Waals surface area contributed by atoms with Gasteiger partial charge in [-0.25, -0.2) is 0 Å². The van der Waals surface area contributed by atoms with E-state index in [4.69, 9.17) is 0 Å². The summed E-state index contributed by atoms with van der Waals surface area (Å²) < 4.78 is 39.3. The van der Waals surface area contributed by atoms with Crippen LogP contribution in [0, 0.1) is 6.92 Å². The number of fused-ring (bicyclic) bond motifs is 1. The summed E-state index contributed by atoms with van der Waals surface area (Å²) in [7, 11) is 0. The predicted molar refractivity (Wildman–Crippen MR) is 85.4 cm³/mol. The molecule has 0 radical (unpaired) electrons. The molecule has 3 rings (SSSR count). The largest absolute Gasteiger partial charge is 0.416 e. The van der Waals surface area contributed by atoms with E-state index >= 15 is 0 Å². The van der Waals surface area contributed by atoms with Gasteiger partial charge in [0.1, 0.15) is 5.82 Å². The van der Waals surface area contributed by atoms with Crippen LogP contribution < -0.4 is 26.6 Å². The molecule has 0 amide bonds. The molecule has 2 heterocycles. The molecule has 1 unspecified atom stereocenters. The number of nitrogens with zero attached hydrogens (tertiary/aromatic N) is 1. The second kappa shape index (κ2) is 6.07. The van der Waals surface area contributed by atoms with E-state index in [0.717, 1.165) is 16.5 Å². The number of alkyl halides is 3. The third kappa shape index (κ3) is 3.02. The molecule has 3 N–H and O–H groups in total. The smallest absolute Gasteiger partial charge is 0.363 e. The third-order valence-electron chi connectivity index (χ3n) is 4.06. The van der Waals surface area contributed by atoms with Crippen LogP contribution in [0.25, 0.3) is 12.0 Å². The van der Waals surface area contributed by atoms with Crippen molar-refractivity contribution in [3.05, 3.63) is 63.8 Å². The van der Waals surface area contributed by atoms with Gasteiger partial charge in [0.2, 0.25) is 0 Å². The number of nitrogens with one attached hydrogen (secondary N) is 3. The predicted octanol–water partition coefficient (Wildman–Crippen LogP) is 1.67. The van der Waals surface area contributed by atoms with Crippen molar-refractivity contribution in [3.63, 3.8) is 0 Å². The molecule has 1 atom stereocenters. The van der Waals surface area contributed by atoms with Crippen molar-refractivity contribution in [1.82, 2.24) is 21.2 Å². The first kappa shape index (κ1) is 16.2. The van der Waals surface area contributed by atoms with E-state index in [1.54, 1.807) is 24.7 Å². The maximum Gasteiger partial charge on any atom is 0.416 e. The second-order valence-corrected chi connectivity index (χ2v) is 5.64. The van der Waals surface area contributed by atoms with Gasteiger partial charge in [-0.1, -0.05) is 12.1 Å². The first-order valence-electron chi connectivity index (χ1n) is 7.47. The Morgan fingerprint density at radius 1 is 1.21 bits per heavy atom. The Bertz CT molecular complexity index is 874. The van der Waals surface area contributed by atoms with Crippen LogP contribution in [0.3, 0.4) is 0 Å². The van der Waals surface area contributed by atoms with Crippen molar-refractivity contribution in [2.75, 3.05) is 0 Å². The van der Waals surface area contributed by atoms with Gasteiger partial charge < -0.3 is 10.7 Å². The summed E-state index contributed by atoms with van der Waals surface area (Å²) in [6, 6.07) is 5.78. The Labute approximate surface area is 137 Å². The molecular weight excluding hydrogens is 317 g/mol. The SMILES string of the molecule is Cc1c(C(C)NC2=c3cnccc3=CNN2)cccc1C(F)(F)F. The van der Waals surface area contributed by atoms with Gasteiger partial charge in [-0.15, -0.1) is 0 Å². The fraction of sp³-hybridized carbons (Fsp3) is 0.235. The van der Waals surface area contributed by atoms with Gasteiger partial charge in [0.25, 0.3) is 0 Å².